The Bertz CT molecular complexity index is 774. The Hall–Kier alpha value is -2.62. The Morgan fingerprint density at radius 2 is 0.850 bits per heavy atom. The molecule has 0 bridgehead atoms. The molecule has 2 aromatic carbocycles. The summed E-state index contributed by atoms with van der Waals surface area (Å²) in [7, 11) is 0. The Balaban J connectivity index is -0.000000774. The van der Waals surface area contributed by atoms with Crippen LogP contribution in [-0.4, -0.2) is 11.9 Å². The molecule has 1 saturated carbocycles. The van der Waals surface area contributed by atoms with Gasteiger partial charge in [-0.3, -0.25) is 9.59 Å². The number of carbonyl (C=O) groups excluding carboxylic acids is 2. The molecule has 0 atom stereocenters. The average molecular weight is 561 g/mol. The second kappa shape index (κ2) is 26.6. The van der Waals surface area contributed by atoms with Gasteiger partial charge in [-0.25, -0.2) is 0 Å². The smallest absolute Gasteiger partial charge is 0.314 e. The predicted octanol–water partition coefficient (Wildman–Crippen LogP) is 11.3. The molecule has 0 heterocycles. The zero-order chi connectivity index (χ0) is 26.8. The van der Waals surface area contributed by atoms with Crippen molar-refractivity contribution in [3.63, 3.8) is 0 Å². The van der Waals surface area contributed by atoms with Gasteiger partial charge < -0.3 is 9.47 Å². The van der Waals surface area contributed by atoms with E-state index < -0.39 is 0 Å². The van der Waals surface area contributed by atoms with Crippen molar-refractivity contribution in [2.75, 3.05) is 0 Å². The molecule has 4 heteroatoms. The molecule has 0 unspecified atom stereocenters. The summed E-state index contributed by atoms with van der Waals surface area (Å²) in [4.78, 5) is 25.1. The SMILES string of the molecule is C.C.C.C.CC.CC.CCCCc1ccc(OC(=O)C2CCC(C(=O)Oc3ccc(CCCC)cc3)CC2)cc1. The van der Waals surface area contributed by atoms with Crippen LogP contribution in [0.5, 0.6) is 11.5 Å². The Labute approximate surface area is 249 Å². The molecule has 1 aliphatic rings. The molecule has 232 valence electrons. The van der Waals surface area contributed by atoms with Crippen molar-refractivity contribution >= 4 is 11.9 Å². The Kier molecular flexibility index (Phi) is 29.5. The van der Waals surface area contributed by atoms with E-state index >= 15 is 0 Å². The molecule has 0 spiro atoms. The summed E-state index contributed by atoms with van der Waals surface area (Å²) in [6.07, 6.45) is 9.38. The molecule has 0 aromatic heterocycles. The van der Waals surface area contributed by atoms with Gasteiger partial charge in [0.25, 0.3) is 0 Å². The minimum atomic E-state index is -0.194. The van der Waals surface area contributed by atoms with Crippen LogP contribution in [0.25, 0.3) is 0 Å². The highest BCUT2D eigenvalue weighted by Gasteiger charge is 2.32. The van der Waals surface area contributed by atoms with Crippen LogP contribution in [0.4, 0.5) is 0 Å². The van der Waals surface area contributed by atoms with E-state index in [0.29, 0.717) is 37.2 Å². The van der Waals surface area contributed by atoms with Crippen molar-refractivity contribution in [2.45, 2.75) is 135 Å². The first-order chi connectivity index (χ1) is 17.6. The van der Waals surface area contributed by atoms with E-state index in [1.54, 1.807) is 0 Å². The molecule has 0 radical (unpaired) electrons. The van der Waals surface area contributed by atoms with Crippen molar-refractivity contribution in [1.82, 2.24) is 0 Å². The van der Waals surface area contributed by atoms with Crippen LogP contribution in [0.1, 0.15) is 134 Å². The maximum Gasteiger partial charge on any atom is 0.314 e. The summed E-state index contributed by atoms with van der Waals surface area (Å²) in [5.41, 5.74) is 2.53. The van der Waals surface area contributed by atoms with Crippen LogP contribution in [0, 0.1) is 11.8 Å². The predicted molar refractivity (Wildman–Crippen MR) is 176 cm³/mol. The lowest BCUT2D eigenvalue weighted by Gasteiger charge is -2.25. The van der Waals surface area contributed by atoms with Crippen molar-refractivity contribution in [3.8, 4) is 11.5 Å². The maximum atomic E-state index is 12.6. The standard InChI is InChI=1S/C28H36O4.2C2H6.4CH4/c1-3-5-7-21-9-17-25(18-10-21)31-27(29)23-13-15-24(16-14-23)28(30)32-26-19-11-22(12-20-26)8-6-4-2;2*1-2;;;;/h9-12,17-20,23-24H,3-8,13-16H2,1-2H3;2*1-2H3;4*1H4. The van der Waals surface area contributed by atoms with E-state index in [-0.39, 0.29) is 53.5 Å². The first kappa shape index (κ1) is 44.4. The second-order valence-electron chi connectivity index (χ2n) is 8.89. The van der Waals surface area contributed by atoms with Crippen molar-refractivity contribution in [1.29, 1.82) is 0 Å². The van der Waals surface area contributed by atoms with Crippen LogP contribution in [0.15, 0.2) is 48.5 Å². The zero-order valence-corrected chi connectivity index (χ0v) is 23.5. The Morgan fingerprint density at radius 1 is 0.575 bits per heavy atom. The van der Waals surface area contributed by atoms with Gasteiger partial charge in [-0.1, -0.05) is 108 Å². The quantitative estimate of drug-likeness (QED) is 0.214. The molecule has 3 rings (SSSR count). The van der Waals surface area contributed by atoms with E-state index in [0.717, 1.165) is 38.5 Å². The number of esters is 2. The van der Waals surface area contributed by atoms with Gasteiger partial charge in [0.1, 0.15) is 11.5 Å². The lowest BCUT2D eigenvalue weighted by molar-refractivity contribution is -0.145. The van der Waals surface area contributed by atoms with E-state index in [1.165, 1.54) is 11.1 Å². The number of unbranched alkanes of at least 4 members (excludes halogenated alkanes) is 2. The van der Waals surface area contributed by atoms with Crippen LogP contribution < -0.4 is 9.47 Å². The van der Waals surface area contributed by atoms with E-state index in [9.17, 15) is 9.59 Å². The molecule has 1 aliphatic carbocycles. The second-order valence-corrected chi connectivity index (χ2v) is 8.89. The number of hydrogen-bond donors (Lipinski definition) is 0. The molecule has 0 N–H and O–H groups in total. The van der Waals surface area contributed by atoms with Gasteiger partial charge in [-0.15, -0.1) is 0 Å². The van der Waals surface area contributed by atoms with Gasteiger partial charge in [-0.05, 0) is 86.8 Å². The largest absolute Gasteiger partial charge is 0.426 e. The summed E-state index contributed by atoms with van der Waals surface area (Å²) in [5, 5.41) is 0. The topological polar surface area (TPSA) is 52.6 Å². The highest BCUT2D eigenvalue weighted by atomic mass is 16.5. The van der Waals surface area contributed by atoms with Crippen LogP contribution in [-0.2, 0) is 22.4 Å². The fourth-order valence-corrected chi connectivity index (χ4v) is 4.17. The van der Waals surface area contributed by atoms with Crippen LogP contribution >= 0.6 is 0 Å². The van der Waals surface area contributed by atoms with Crippen molar-refractivity contribution in [3.05, 3.63) is 59.7 Å². The van der Waals surface area contributed by atoms with Gasteiger partial charge in [0, 0.05) is 0 Å². The average Bonchev–Trinajstić information content (AvgIpc) is 2.94. The third-order valence-corrected chi connectivity index (χ3v) is 6.32. The fraction of sp³-hybridized carbons (Fsp3) is 0.611. The van der Waals surface area contributed by atoms with Gasteiger partial charge in [0.05, 0.1) is 11.8 Å². The number of hydrogen-bond acceptors (Lipinski definition) is 4. The first-order valence-corrected chi connectivity index (χ1v) is 14.2. The molecule has 4 nitrogen and oxygen atoms in total. The summed E-state index contributed by atoms with van der Waals surface area (Å²) < 4.78 is 11.2. The molecule has 40 heavy (non-hydrogen) atoms. The summed E-state index contributed by atoms with van der Waals surface area (Å²) in [6.45, 7) is 12.4. The van der Waals surface area contributed by atoms with E-state index in [2.05, 4.69) is 13.8 Å². The molecule has 0 aliphatic heterocycles. The molecular formula is C36H64O4. The van der Waals surface area contributed by atoms with Crippen molar-refractivity contribution in [2.24, 2.45) is 11.8 Å². The van der Waals surface area contributed by atoms with E-state index in [1.807, 2.05) is 76.2 Å². The molecule has 0 saturated heterocycles. The summed E-state index contributed by atoms with van der Waals surface area (Å²) in [5.74, 6) is 0.494. The minimum Gasteiger partial charge on any atom is -0.426 e. The van der Waals surface area contributed by atoms with Crippen molar-refractivity contribution < 1.29 is 19.1 Å². The monoisotopic (exact) mass is 560 g/mol. The van der Waals surface area contributed by atoms with E-state index in [4.69, 9.17) is 9.47 Å². The van der Waals surface area contributed by atoms with Crippen LogP contribution in [0.2, 0.25) is 0 Å². The number of rotatable bonds is 10. The summed E-state index contributed by atoms with van der Waals surface area (Å²) in [6, 6.07) is 15.6. The third kappa shape index (κ3) is 15.8. The fourth-order valence-electron chi connectivity index (χ4n) is 4.17. The maximum absolute atomic E-state index is 12.6. The Morgan fingerprint density at radius 3 is 1.10 bits per heavy atom. The number of ether oxygens (including phenoxy) is 2. The van der Waals surface area contributed by atoms with Gasteiger partial charge in [0.15, 0.2) is 0 Å². The van der Waals surface area contributed by atoms with Crippen LogP contribution in [0.3, 0.4) is 0 Å². The van der Waals surface area contributed by atoms with Gasteiger partial charge in [-0.2, -0.15) is 0 Å². The number of benzene rings is 2. The number of aryl methyl sites for hydroxylation is 2. The highest BCUT2D eigenvalue weighted by Crippen LogP contribution is 2.31. The molecule has 0 amide bonds. The highest BCUT2D eigenvalue weighted by molar-refractivity contribution is 5.77. The molecular weight excluding hydrogens is 496 g/mol. The molecule has 1 fully saturated rings. The zero-order valence-electron chi connectivity index (χ0n) is 23.5. The lowest BCUT2D eigenvalue weighted by Crippen LogP contribution is -2.30. The lowest BCUT2D eigenvalue weighted by atomic mass is 9.82. The minimum absolute atomic E-state index is 0. The summed E-state index contributed by atoms with van der Waals surface area (Å²) >= 11 is 0. The van der Waals surface area contributed by atoms with Gasteiger partial charge in [0.2, 0.25) is 0 Å². The molecule has 2 aromatic rings. The first-order valence-electron chi connectivity index (χ1n) is 14.2. The normalized spacial score (nSPS) is 14.8. The third-order valence-electron chi connectivity index (χ3n) is 6.32. The van der Waals surface area contributed by atoms with Gasteiger partial charge >= 0.3 is 11.9 Å². The number of carbonyl (C=O) groups is 2.